The lowest BCUT2D eigenvalue weighted by atomic mass is 9.96. The van der Waals surface area contributed by atoms with E-state index in [0.29, 0.717) is 0 Å². The number of aromatic nitrogens is 1. The summed E-state index contributed by atoms with van der Waals surface area (Å²) < 4.78 is 39.1. The molecule has 26 heavy (non-hydrogen) atoms. The fourth-order valence-electron chi connectivity index (χ4n) is 2.50. The van der Waals surface area contributed by atoms with Gasteiger partial charge in [-0.3, -0.25) is 14.6 Å². The predicted molar refractivity (Wildman–Crippen MR) is 93.5 cm³/mol. The molecule has 1 heterocycles. The Morgan fingerprint density at radius 1 is 1.15 bits per heavy atom. The van der Waals surface area contributed by atoms with Crippen molar-refractivity contribution in [1.82, 2.24) is 4.98 Å². The Morgan fingerprint density at radius 3 is 2.54 bits per heavy atom. The van der Waals surface area contributed by atoms with E-state index < -0.39 is 28.3 Å². The lowest BCUT2D eigenvalue weighted by molar-refractivity contribution is -0.137. The summed E-state index contributed by atoms with van der Waals surface area (Å²) >= 11 is 6.63. The van der Waals surface area contributed by atoms with Crippen LogP contribution in [0.3, 0.4) is 0 Å². The molecule has 1 aliphatic rings. The van der Waals surface area contributed by atoms with E-state index in [-0.39, 0.29) is 27.5 Å². The van der Waals surface area contributed by atoms with Crippen LogP contribution in [0.25, 0.3) is 0 Å². The van der Waals surface area contributed by atoms with Crippen molar-refractivity contribution in [1.29, 1.82) is 0 Å². The Bertz CT molecular complexity index is 957. The minimum absolute atomic E-state index is 0.00300. The molecule has 0 bridgehead atoms. The van der Waals surface area contributed by atoms with Gasteiger partial charge < -0.3 is 5.32 Å². The summed E-state index contributed by atoms with van der Waals surface area (Å²) in [6, 6.07) is 6.14. The topological polar surface area (TPSA) is 59.1 Å². The number of Topliss-reactive ketones (excluding diaryl/α,β-unsaturated/α-hetero) is 2. The van der Waals surface area contributed by atoms with Crippen molar-refractivity contribution in [3.8, 4) is 0 Å². The van der Waals surface area contributed by atoms with Gasteiger partial charge in [-0.1, -0.05) is 11.6 Å². The number of carbonyl (C=O) groups excluding carboxylic acids is 2. The number of nitrogens with one attached hydrogen (secondary N) is 1. The van der Waals surface area contributed by atoms with Crippen LogP contribution < -0.4 is 5.32 Å². The summed E-state index contributed by atoms with van der Waals surface area (Å²) in [4.78, 5) is 29.3. The molecule has 1 N–H and O–H groups in total. The second-order valence-electron chi connectivity index (χ2n) is 5.28. The van der Waals surface area contributed by atoms with Crippen molar-refractivity contribution < 1.29 is 22.8 Å². The number of hydrogen-bond acceptors (Lipinski definition) is 5. The molecule has 9 heteroatoms. The Morgan fingerprint density at radius 2 is 1.88 bits per heavy atom. The van der Waals surface area contributed by atoms with Gasteiger partial charge in [0.05, 0.1) is 21.1 Å². The van der Waals surface area contributed by atoms with Crippen LogP contribution in [0, 0.1) is 0 Å². The Hall–Kier alpha value is -2.32. The molecule has 134 valence electrons. The summed E-state index contributed by atoms with van der Waals surface area (Å²) in [7, 11) is 0. The smallest absolute Gasteiger partial charge is 0.351 e. The monoisotopic (exact) mass is 398 g/mol. The van der Waals surface area contributed by atoms with E-state index in [1.165, 1.54) is 24.4 Å². The number of thioether (sulfide) groups is 1. The first kappa shape index (κ1) is 18.5. The summed E-state index contributed by atoms with van der Waals surface area (Å²) in [6.45, 7) is 0. The second-order valence-corrected chi connectivity index (χ2v) is 6.51. The lowest BCUT2D eigenvalue weighted by Gasteiger charge is -2.20. The first-order valence-corrected chi connectivity index (χ1v) is 8.80. The van der Waals surface area contributed by atoms with E-state index in [2.05, 4.69) is 10.3 Å². The summed E-state index contributed by atoms with van der Waals surface area (Å²) in [5.41, 5.74) is -0.996. The van der Waals surface area contributed by atoms with Crippen LogP contribution in [0.2, 0.25) is 5.02 Å². The van der Waals surface area contributed by atoms with E-state index in [0.717, 1.165) is 23.9 Å². The maximum Gasteiger partial charge on any atom is 0.417 e. The normalized spacial score (nSPS) is 14.5. The van der Waals surface area contributed by atoms with Crippen LogP contribution in [0.1, 0.15) is 26.4 Å². The third-order valence-electron chi connectivity index (χ3n) is 3.67. The number of anilines is 1. The molecule has 1 aromatic carbocycles. The van der Waals surface area contributed by atoms with Crippen molar-refractivity contribution >= 4 is 40.6 Å². The van der Waals surface area contributed by atoms with E-state index in [1.807, 2.05) is 0 Å². The van der Waals surface area contributed by atoms with Crippen LogP contribution >= 0.6 is 23.4 Å². The quantitative estimate of drug-likeness (QED) is 0.803. The number of hydrogen-bond donors (Lipinski definition) is 1. The highest BCUT2D eigenvalue weighted by Crippen LogP contribution is 2.37. The van der Waals surface area contributed by atoms with Crippen molar-refractivity contribution in [2.45, 2.75) is 6.18 Å². The number of fused-ring (bicyclic) bond motifs is 1. The molecule has 2 aromatic rings. The van der Waals surface area contributed by atoms with Gasteiger partial charge in [-0.25, -0.2) is 0 Å². The van der Waals surface area contributed by atoms with Gasteiger partial charge in [-0.05, 0) is 36.6 Å². The van der Waals surface area contributed by atoms with Crippen molar-refractivity contribution in [2.24, 2.45) is 0 Å². The van der Waals surface area contributed by atoms with Gasteiger partial charge in [0.1, 0.15) is 11.4 Å². The van der Waals surface area contributed by atoms with Gasteiger partial charge in [0, 0.05) is 11.9 Å². The molecular formula is C17H10ClF3N2O2S. The van der Waals surface area contributed by atoms with E-state index in [4.69, 9.17) is 11.6 Å². The van der Waals surface area contributed by atoms with Crippen molar-refractivity contribution in [3.05, 3.63) is 69.0 Å². The van der Waals surface area contributed by atoms with E-state index in [9.17, 15) is 22.8 Å². The highest BCUT2D eigenvalue weighted by molar-refractivity contribution is 8.03. The fraction of sp³-hybridized carbons (Fsp3) is 0.118. The molecule has 0 amide bonds. The molecule has 3 rings (SSSR count). The average Bonchev–Trinajstić information content (AvgIpc) is 2.60. The van der Waals surface area contributed by atoms with Crippen LogP contribution in [0.4, 0.5) is 18.9 Å². The van der Waals surface area contributed by atoms with E-state index in [1.54, 1.807) is 6.26 Å². The summed E-state index contributed by atoms with van der Waals surface area (Å²) in [5, 5.41) is 2.19. The number of carbonyl (C=O) groups is 2. The number of ketones is 2. The first-order valence-electron chi connectivity index (χ1n) is 7.20. The standard InChI is InChI=1S/C17H10ClF3N2O2S/c1-26-16-13(14(24)9-3-2-6-22-12(9)15(16)25)23-8-4-5-11(18)10(7-8)17(19,20)21/h2-7,23H,1H3. The maximum atomic E-state index is 13.0. The summed E-state index contributed by atoms with van der Waals surface area (Å²) in [6.07, 6.45) is -1.65. The van der Waals surface area contributed by atoms with E-state index >= 15 is 0 Å². The first-order chi connectivity index (χ1) is 12.2. The molecule has 0 saturated heterocycles. The fourth-order valence-corrected chi connectivity index (χ4v) is 3.36. The number of allylic oxidation sites excluding steroid dienone is 2. The Balaban J connectivity index is 2.07. The lowest BCUT2D eigenvalue weighted by Crippen LogP contribution is -2.26. The molecule has 0 radical (unpaired) electrons. The van der Waals surface area contributed by atoms with Crippen LogP contribution in [-0.4, -0.2) is 22.8 Å². The molecule has 4 nitrogen and oxygen atoms in total. The molecule has 1 aliphatic carbocycles. The van der Waals surface area contributed by atoms with Crippen LogP contribution in [0.15, 0.2) is 47.1 Å². The zero-order valence-corrected chi connectivity index (χ0v) is 14.7. The Labute approximate surface area is 155 Å². The number of benzene rings is 1. The van der Waals surface area contributed by atoms with Crippen LogP contribution in [-0.2, 0) is 6.18 Å². The van der Waals surface area contributed by atoms with Gasteiger partial charge in [-0.15, -0.1) is 11.8 Å². The second kappa shape index (κ2) is 6.77. The number of nitrogens with zero attached hydrogens (tertiary/aromatic N) is 1. The van der Waals surface area contributed by atoms with Gasteiger partial charge in [0.2, 0.25) is 11.6 Å². The zero-order valence-electron chi connectivity index (χ0n) is 13.1. The third-order valence-corrected chi connectivity index (χ3v) is 4.80. The van der Waals surface area contributed by atoms with Gasteiger partial charge in [0.25, 0.3) is 0 Å². The molecule has 0 spiro atoms. The number of alkyl halides is 3. The number of rotatable bonds is 3. The SMILES string of the molecule is CSC1=C(Nc2ccc(Cl)c(C(F)(F)F)c2)C(=O)c2cccnc2C1=O. The van der Waals surface area contributed by atoms with Crippen molar-refractivity contribution in [3.63, 3.8) is 0 Å². The third kappa shape index (κ3) is 3.22. The van der Waals surface area contributed by atoms with Gasteiger partial charge >= 0.3 is 6.18 Å². The van der Waals surface area contributed by atoms with Gasteiger partial charge in [0.15, 0.2) is 0 Å². The Kier molecular flexibility index (Phi) is 4.81. The molecule has 0 unspecified atom stereocenters. The predicted octanol–water partition coefficient (Wildman–Crippen LogP) is 4.82. The molecule has 0 aliphatic heterocycles. The maximum absolute atomic E-state index is 13.0. The molecule has 0 saturated carbocycles. The highest BCUT2D eigenvalue weighted by atomic mass is 35.5. The van der Waals surface area contributed by atoms with Crippen LogP contribution in [0.5, 0.6) is 0 Å². The molecule has 1 aromatic heterocycles. The molecule has 0 fully saturated rings. The number of pyridine rings is 1. The zero-order chi connectivity index (χ0) is 19.1. The summed E-state index contributed by atoms with van der Waals surface area (Å²) in [5.74, 6) is -0.972. The van der Waals surface area contributed by atoms with Crippen molar-refractivity contribution in [2.75, 3.05) is 11.6 Å². The molecular weight excluding hydrogens is 389 g/mol. The number of halogens is 4. The average molecular weight is 399 g/mol. The minimum Gasteiger partial charge on any atom is -0.351 e. The highest BCUT2D eigenvalue weighted by Gasteiger charge is 2.35. The van der Waals surface area contributed by atoms with Gasteiger partial charge in [-0.2, -0.15) is 13.2 Å². The molecule has 0 atom stereocenters. The largest absolute Gasteiger partial charge is 0.417 e. The minimum atomic E-state index is -4.64.